The highest BCUT2D eigenvalue weighted by Crippen LogP contribution is 2.00. The molecule has 3 nitrogen and oxygen atoms in total. The fourth-order valence-electron chi connectivity index (χ4n) is 0.724. The number of amidine groups is 2. The van der Waals surface area contributed by atoms with Crippen molar-refractivity contribution < 1.29 is 0 Å². The smallest absolute Gasteiger partial charge is 0.153 e. The molecular weight excluding hydrogens is 162 g/mol. The Bertz CT molecular complexity index is 279. The molecule has 3 N–H and O–H groups in total. The second kappa shape index (κ2) is 5.94. The summed E-state index contributed by atoms with van der Waals surface area (Å²) in [4.78, 5) is 3.83. The Labute approximate surface area is 78.9 Å². The van der Waals surface area contributed by atoms with Gasteiger partial charge in [0, 0.05) is 5.57 Å². The molecular formula is C10H15N3. The molecule has 0 aliphatic heterocycles. The number of rotatable bonds is 3. The van der Waals surface area contributed by atoms with E-state index >= 15 is 0 Å². The maximum absolute atomic E-state index is 7.53. The van der Waals surface area contributed by atoms with Gasteiger partial charge in [-0.1, -0.05) is 30.9 Å². The van der Waals surface area contributed by atoms with E-state index in [1.54, 1.807) is 31.2 Å². The predicted molar refractivity (Wildman–Crippen MR) is 58.1 cm³/mol. The van der Waals surface area contributed by atoms with Gasteiger partial charge < -0.3 is 5.73 Å². The van der Waals surface area contributed by atoms with Crippen LogP contribution in [-0.4, -0.2) is 11.7 Å². The molecule has 0 aliphatic rings. The van der Waals surface area contributed by atoms with Gasteiger partial charge in [-0.3, -0.25) is 5.41 Å². The SMILES string of the molecule is C=C/C=C\C(=C/C)C(=N)N=C(C)N. The minimum atomic E-state index is 0.167. The topological polar surface area (TPSA) is 62.2 Å². The zero-order chi connectivity index (χ0) is 10.3. The molecule has 0 atom stereocenters. The third kappa shape index (κ3) is 4.74. The molecule has 0 radical (unpaired) electrons. The Balaban J connectivity index is 4.62. The minimum absolute atomic E-state index is 0.167. The normalized spacial score (nSPS) is 13.4. The second-order valence-electron chi connectivity index (χ2n) is 2.44. The summed E-state index contributed by atoms with van der Waals surface area (Å²) in [7, 11) is 0. The van der Waals surface area contributed by atoms with Crippen LogP contribution in [0.3, 0.4) is 0 Å². The number of hydrogen-bond donors (Lipinski definition) is 2. The molecule has 0 heterocycles. The summed E-state index contributed by atoms with van der Waals surface area (Å²) in [5.41, 5.74) is 6.08. The van der Waals surface area contributed by atoms with Crippen LogP contribution in [0.1, 0.15) is 13.8 Å². The highest BCUT2D eigenvalue weighted by atomic mass is 14.9. The highest BCUT2D eigenvalue weighted by molar-refractivity contribution is 6.05. The number of allylic oxidation sites excluding steroid dienone is 3. The lowest BCUT2D eigenvalue weighted by molar-refractivity contribution is 1.39. The van der Waals surface area contributed by atoms with E-state index in [2.05, 4.69) is 11.6 Å². The van der Waals surface area contributed by atoms with E-state index in [0.717, 1.165) is 5.57 Å². The zero-order valence-corrected chi connectivity index (χ0v) is 8.04. The van der Waals surface area contributed by atoms with Crippen molar-refractivity contribution in [1.82, 2.24) is 0 Å². The van der Waals surface area contributed by atoms with Gasteiger partial charge in [-0.2, -0.15) is 0 Å². The highest BCUT2D eigenvalue weighted by Gasteiger charge is 1.97. The maximum atomic E-state index is 7.53. The molecule has 0 saturated carbocycles. The number of aliphatic imine (C=N–C) groups is 1. The first-order valence-electron chi connectivity index (χ1n) is 3.97. The molecule has 0 bridgehead atoms. The Morgan fingerprint density at radius 3 is 2.54 bits per heavy atom. The average molecular weight is 177 g/mol. The molecule has 0 rings (SSSR count). The van der Waals surface area contributed by atoms with Crippen LogP contribution in [0.15, 0.2) is 41.4 Å². The van der Waals surface area contributed by atoms with Crippen molar-refractivity contribution in [3.8, 4) is 0 Å². The largest absolute Gasteiger partial charge is 0.387 e. The standard InChI is InChI=1S/C10H15N3/c1-4-6-7-9(5-2)10(12)13-8(3)11/h4-7H,1H2,2-3H3,(H3,11,12,13)/b7-6-,9-5+. The van der Waals surface area contributed by atoms with Gasteiger partial charge >= 0.3 is 0 Å². The predicted octanol–water partition coefficient (Wildman–Crippen LogP) is 2.03. The van der Waals surface area contributed by atoms with Gasteiger partial charge in [-0.05, 0) is 13.8 Å². The van der Waals surface area contributed by atoms with Crippen molar-refractivity contribution in [2.75, 3.05) is 0 Å². The van der Waals surface area contributed by atoms with Gasteiger partial charge in [0.25, 0.3) is 0 Å². The van der Waals surface area contributed by atoms with Crippen LogP contribution < -0.4 is 5.73 Å². The molecule has 0 unspecified atom stereocenters. The van der Waals surface area contributed by atoms with E-state index in [9.17, 15) is 0 Å². The van der Waals surface area contributed by atoms with Gasteiger partial charge in [-0.15, -0.1) is 0 Å². The zero-order valence-electron chi connectivity index (χ0n) is 8.04. The first-order valence-corrected chi connectivity index (χ1v) is 3.97. The third-order valence-corrected chi connectivity index (χ3v) is 1.28. The van der Waals surface area contributed by atoms with Gasteiger partial charge in [0.05, 0.1) is 5.84 Å². The van der Waals surface area contributed by atoms with Crippen molar-refractivity contribution in [2.24, 2.45) is 10.7 Å². The van der Waals surface area contributed by atoms with Gasteiger partial charge in [-0.25, -0.2) is 4.99 Å². The summed E-state index contributed by atoms with van der Waals surface area (Å²) in [5.74, 6) is 0.553. The molecule has 13 heavy (non-hydrogen) atoms. The first kappa shape index (κ1) is 11.4. The molecule has 0 aromatic carbocycles. The van der Waals surface area contributed by atoms with Crippen molar-refractivity contribution in [2.45, 2.75) is 13.8 Å². The lowest BCUT2D eigenvalue weighted by Gasteiger charge is -1.98. The molecule has 0 amide bonds. The fourth-order valence-corrected chi connectivity index (χ4v) is 0.724. The van der Waals surface area contributed by atoms with E-state index in [0.29, 0.717) is 5.84 Å². The van der Waals surface area contributed by atoms with Crippen molar-refractivity contribution >= 4 is 11.7 Å². The van der Waals surface area contributed by atoms with E-state index < -0.39 is 0 Å². The van der Waals surface area contributed by atoms with Gasteiger partial charge in [0.1, 0.15) is 0 Å². The van der Waals surface area contributed by atoms with Crippen LogP contribution in [-0.2, 0) is 0 Å². The summed E-state index contributed by atoms with van der Waals surface area (Å²) in [5, 5.41) is 7.53. The Kier molecular flexibility index (Phi) is 5.19. The van der Waals surface area contributed by atoms with Crippen LogP contribution in [0.25, 0.3) is 0 Å². The van der Waals surface area contributed by atoms with E-state index in [4.69, 9.17) is 11.1 Å². The third-order valence-electron chi connectivity index (χ3n) is 1.28. The fraction of sp³-hybridized carbons (Fsp3) is 0.200. The quantitative estimate of drug-likeness (QED) is 0.386. The van der Waals surface area contributed by atoms with Gasteiger partial charge in [0.2, 0.25) is 0 Å². The number of nitrogens with two attached hydrogens (primary N) is 1. The molecule has 0 fully saturated rings. The maximum Gasteiger partial charge on any atom is 0.153 e. The van der Waals surface area contributed by atoms with Crippen molar-refractivity contribution in [1.29, 1.82) is 5.41 Å². The van der Waals surface area contributed by atoms with E-state index in [-0.39, 0.29) is 5.84 Å². The lowest BCUT2D eigenvalue weighted by Crippen LogP contribution is -2.09. The molecule has 70 valence electrons. The molecule has 3 heteroatoms. The van der Waals surface area contributed by atoms with Crippen LogP contribution >= 0.6 is 0 Å². The van der Waals surface area contributed by atoms with Crippen LogP contribution in [0.2, 0.25) is 0 Å². The molecule has 0 saturated heterocycles. The number of hydrogen-bond acceptors (Lipinski definition) is 1. The van der Waals surface area contributed by atoms with E-state index in [1.807, 2.05) is 6.92 Å². The summed E-state index contributed by atoms with van der Waals surface area (Å²) in [6.45, 7) is 7.04. The molecule has 0 spiro atoms. The van der Waals surface area contributed by atoms with Gasteiger partial charge in [0.15, 0.2) is 5.84 Å². The summed E-state index contributed by atoms with van der Waals surface area (Å²) >= 11 is 0. The summed E-state index contributed by atoms with van der Waals surface area (Å²) in [6.07, 6.45) is 6.97. The number of nitrogens with zero attached hydrogens (tertiary/aromatic N) is 1. The van der Waals surface area contributed by atoms with Crippen LogP contribution in [0.4, 0.5) is 0 Å². The Hall–Kier alpha value is -1.64. The van der Waals surface area contributed by atoms with E-state index in [1.165, 1.54) is 0 Å². The minimum Gasteiger partial charge on any atom is -0.387 e. The molecule has 0 aliphatic carbocycles. The van der Waals surface area contributed by atoms with Crippen LogP contribution in [0, 0.1) is 5.41 Å². The lowest BCUT2D eigenvalue weighted by atomic mass is 10.2. The summed E-state index contributed by atoms with van der Waals surface area (Å²) in [6, 6.07) is 0. The summed E-state index contributed by atoms with van der Waals surface area (Å²) < 4.78 is 0. The average Bonchev–Trinajstić information content (AvgIpc) is 2.04. The monoisotopic (exact) mass is 177 g/mol. The van der Waals surface area contributed by atoms with Crippen molar-refractivity contribution in [3.05, 3.63) is 36.5 Å². The number of nitrogens with one attached hydrogen (secondary N) is 1. The second-order valence-corrected chi connectivity index (χ2v) is 2.44. The Morgan fingerprint density at radius 1 is 1.54 bits per heavy atom. The first-order chi connectivity index (χ1) is 6.11. The van der Waals surface area contributed by atoms with Crippen LogP contribution in [0.5, 0.6) is 0 Å². The molecule has 0 aromatic heterocycles. The molecule has 0 aromatic rings. The Morgan fingerprint density at radius 2 is 2.15 bits per heavy atom. The van der Waals surface area contributed by atoms with Crippen molar-refractivity contribution in [3.63, 3.8) is 0 Å².